The Morgan fingerprint density at radius 2 is 1.70 bits per heavy atom. The first-order chi connectivity index (χ1) is 9.53. The summed E-state index contributed by atoms with van der Waals surface area (Å²) in [5.41, 5.74) is 0.290. The molecule has 0 bridgehead atoms. The predicted molar refractivity (Wildman–Crippen MR) is 86.3 cm³/mol. The summed E-state index contributed by atoms with van der Waals surface area (Å²) in [5, 5.41) is 3.45. The zero-order chi connectivity index (χ0) is 14.6. The molecule has 2 saturated heterocycles. The van der Waals surface area contributed by atoms with Gasteiger partial charge in [0.05, 0.1) is 0 Å². The number of likely N-dealkylation sites (tertiary alicyclic amines) is 1. The summed E-state index contributed by atoms with van der Waals surface area (Å²) >= 11 is 0. The van der Waals surface area contributed by atoms with Gasteiger partial charge in [-0.1, -0.05) is 6.92 Å². The highest BCUT2D eigenvalue weighted by Gasteiger charge is 2.31. The third-order valence-corrected chi connectivity index (χ3v) is 5.24. The molecule has 0 aromatic heterocycles. The second-order valence-electron chi connectivity index (χ2n) is 7.13. The van der Waals surface area contributed by atoms with Crippen LogP contribution in [-0.2, 0) is 0 Å². The Morgan fingerprint density at radius 1 is 1.10 bits per heavy atom. The molecule has 0 aliphatic carbocycles. The zero-order valence-electron chi connectivity index (χ0n) is 14.0. The van der Waals surface area contributed by atoms with Crippen molar-refractivity contribution in [2.45, 2.75) is 45.2 Å². The van der Waals surface area contributed by atoms with Crippen molar-refractivity contribution < 1.29 is 0 Å². The maximum Gasteiger partial charge on any atom is 0.0281 e. The molecule has 2 aliphatic heterocycles. The third kappa shape index (κ3) is 4.17. The Kier molecular flexibility index (Phi) is 5.84. The Hall–Kier alpha value is -0.160. The van der Waals surface area contributed by atoms with Crippen LogP contribution >= 0.6 is 0 Å². The molecule has 0 atom stereocenters. The Bertz CT molecular complexity index is 278. The first-order valence-electron chi connectivity index (χ1n) is 8.41. The summed E-state index contributed by atoms with van der Waals surface area (Å²) in [7, 11) is 2.33. The predicted octanol–water partition coefficient (Wildman–Crippen LogP) is 1.09. The van der Waals surface area contributed by atoms with Crippen LogP contribution in [0.25, 0.3) is 0 Å². The van der Waals surface area contributed by atoms with Crippen LogP contribution in [0.2, 0.25) is 0 Å². The molecular weight excluding hydrogens is 248 g/mol. The van der Waals surface area contributed by atoms with Gasteiger partial charge in [0.1, 0.15) is 0 Å². The van der Waals surface area contributed by atoms with Crippen molar-refractivity contribution in [3.05, 3.63) is 0 Å². The fourth-order valence-corrected chi connectivity index (χ4v) is 3.79. The van der Waals surface area contributed by atoms with Gasteiger partial charge in [0, 0.05) is 44.3 Å². The number of hydrogen-bond donors (Lipinski definition) is 1. The fourth-order valence-electron chi connectivity index (χ4n) is 3.79. The highest BCUT2D eigenvalue weighted by atomic mass is 15.3. The molecule has 0 amide bonds. The Balaban J connectivity index is 1.82. The molecule has 0 aromatic rings. The monoisotopic (exact) mass is 282 g/mol. The van der Waals surface area contributed by atoms with Gasteiger partial charge in [-0.05, 0) is 53.4 Å². The van der Waals surface area contributed by atoms with Crippen LogP contribution in [0.5, 0.6) is 0 Å². The number of piperidine rings is 1. The number of nitrogens with one attached hydrogen (secondary N) is 1. The van der Waals surface area contributed by atoms with Crippen LogP contribution in [0.1, 0.15) is 33.6 Å². The second-order valence-corrected chi connectivity index (χ2v) is 7.13. The van der Waals surface area contributed by atoms with Crippen molar-refractivity contribution in [2.24, 2.45) is 0 Å². The minimum atomic E-state index is 0.290. The number of piperazine rings is 1. The lowest BCUT2D eigenvalue weighted by Gasteiger charge is -2.45. The molecule has 2 fully saturated rings. The molecule has 4 heteroatoms. The van der Waals surface area contributed by atoms with Crippen molar-refractivity contribution in [2.75, 3.05) is 59.4 Å². The average Bonchev–Trinajstić information content (AvgIpc) is 2.48. The van der Waals surface area contributed by atoms with E-state index in [1.165, 1.54) is 52.1 Å². The number of hydrogen-bond acceptors (Lipinski definition) is 4. The normalized spacial score (nSPS) is 24.4. The lowest BCUT2D eigenvalue weighted by Crippen LogP contribution is -2.58. The van der Waals surface area contributed by atoms with Crippen molar-refractivity contribution >= 4 is 0 Å². The summed E-state index contributed by atoms with van der Waals surface area (Å²) < 4.78 is 0. The highest BCUT2D eigenvalue weighted by Crippen LogP contribution is 2.21. The van der Waals surface area contributed by atoms with Crippen molar-refractivity contribution in [3.8, 4) is 0 Å². The molecule has 0 saturated carbocycles. The van der Waals surface area contributed by atoms with Gasteiger partial charge in [0.2, 0.25) is 0 Å². The van der Waals surface area contributed by atoms with E-state index in [2.05, 4.69) is 47.8 Å². The summed E-state index contributed by atoms with van der Waals surface area (Å²) in [4.78, 5) is 7.85. The average molecular weight is 282 g/mol. The maximum atomic E-state index is 3.45. The molecule has 2 rings (SSSR count). The van der Waals surface area contributed by atoms with Gasteiger partial charge in [-0.15, -0.1) is 0 Å². The van der Waals surface area contributed by atoms with E-state index in [-0.39, 0.29) is 0 Å². The zero-order valence-corrected chi connectivity index (χ0v) is 14.0. The van der Waals surface area contributed by atoms with E-state index in [1.807, 2.05) is 0 Å². The van der Waals surface area contributed by atoms with E-state index in [4.69, 9.17) is 0 Å². The van der Waals surface area contributed by atoms with E-state index in [9.17, 15) is 0 Å². The topological polar surface area (TPSA) is 21.8 Å². The summed E-state index contributed by atoms with van der Waals surface area (Å²) in [6.45, 7) is 16.7. The SMILES string of the molecule is CCN1CCC(N(C)CC(C)(C)N2CCNCC2)CC1. The molecule has 0 spiro atoms. The fraction of sp³-hybridized carbons (Fsp3) is 1.00. The molecule has 20 heavy (non-hydrogen) atoms. The molecule has 2 aliphatic rings. The molecule has 118 valence electrons. The number of likely N-dealkylation sites (N-methyl/N-ethyl adjacent to an activating group) is 1. The van der Waals surface area contributed by atoms with Gasteiger partial charge >= 0.3 is 0 Å². The van der Waals surface area contributed by atoms with Gasteiger partial charge < -0.3 is 15.1 Å². The van der Waals surface area contributed by atoms with Gasteiger partial charge in [-0.25, -0.2) is 0 Å². The van der Waals surface area contributed by atoms with Crippen molar-refractivity contribution in [1.29, 1.82) is 0 Å². The molecule has 4 nitrogen and oxygen atoms in total. The van der Waals surface area contributed by atoms with Gasteiger partial charge in [0.25, 0.3) is 0 Å². The highest BCUT2D eigenvalue weighted by molar-refractivity contribution is 4.89. The van der Waals surface area contributed by atoms with Crippen LogP contribution in [0, 0.1) is 0 Å². The Morgan fingerprint density at radius 3 is 2.25 bits per heavy atom. The minimum Gasteiger partial charge on any atom is -0.314 e. The summed E-state index contributed by atoms with van der Waals surface area (Å²) in [6.07, 6.45) is 2.67. The van der Waals surface area contributed by atoms with E-state index >= 15 is 0 Å². The van der Waals surface area contributed by atoms with Crippen LogP contribution < -0.4 is 5.32 Å². The van der Waals surface area contributed by atoms with Crippen LogP contribution in [0.3, 0.4) is 0 Å². The molecular formula is C16H34N4. The van der Waals surface area contributed by atoms with E-state index < -0.39 is 0 Å². The Labute approximate surface area is 125 Å². The van der Waals surface area contributed by atoms with Gasteiger partial charge in [-0.3, -0.25) is 4.90 Å². The van der Waals surface area contributed by atoms with Crippen molar-refractivity contribution in [1.82, 2.24) is 20.0 Å². The molecule has 0 radical (unpaired) electrons. The second kappa shape index (κ2) is 7.21. The van der Waals surface area contributed by atoms with E-state index in [1.54, 1.807) is 0 Å². The lowest BCUT2D eigenvalue weighted by atomic mass is 9.97. The van der Waals surface area contributed by atoms with E-state index in [0.717, 1.165) is 19.1 Å². The molecule has 0 aromatic carbocycles. The summed E-state index contributed by atoms with van der Waals surface area (Å²) in [6, 6.07) is 0.778. The number of rotatable bonds is 5. The molecule has 0 unspecified atom stereocenters. The standard InChI is InChI=1S/C16H34N4/c1-5-19-10-6-15(7-11-19)18(4)14-16(2,3)20-12-8-17-9-13-20/h15,17H,5-14H2,1-4H3. The smallest absolute Gasteiger partial charge is 0.0281 e. The quantitative estimate of drug-likeness (QED) is 0.815. The van der Waals surface area contributed by atoms with Crippen LogP contribution in [-0.4, -0.2) is 85.7 Å². The van der Waals surface area contributed by atoms with E-state index in [0.29, 0.717) is 5.54 Å². The van der Waals surface area contributed by atoms with Crippen molar-refractivity contribution in [3.63, 3.8) is 0 Å². The minimum absolute atomic E-state index is 0.290. The van der Waals surface area contributed by atoms with Crippen LogP contribution in [0.4, 0.5) is 0 Å². The largest absolute Gasteiger partial charge is 0.314 e. The first kappa shape index (κ1) is 16.2. The third-order valence-electron chi connectivity index (χ3n) is 5.24. The summed E-state index contributed by atoms with van der Waals surface area (Å²) in [5.74, 6) is 0. The number of nitrogens with zero attached hydrogens (tertiary/aromatic N) is 3. The van der Waals surface area contributed by atoms with Gasteiger partial charge in [-0.2, -0.15) is 0 Å². The molecule has 1 N–H and O–H groups in total. The maximum absolute atomic E-state index is 3.45. The first-order valence-corrected chi connectivity index (χ1v) is 8.41. The lowest BCUT2D eigenvalue weighted by molar-refractivity contribution is 0.0430. The van der Waals surface area contributed by atoms with Crippen LogP contribution in [0.15, 0.2) is 0 Å². The van der Waals surface area contributed by atoms with Gasteiger partial charge in [0.15, 0.2) is 0 Å². The molecule has 2 heterocycles.